The van der Waals surface area contributed by atoms with Crippen LogP contribution in [0.25, 0.3) is 0 Å². The SMILES string of the molecule is NC(=S)c1ncccc1N(CCO)CCO. The average Bonchev–Trinajstić information content (AvgIpc) is 2.29. The molecular formula is C10H15N3O2S. The Hall–Kier alpha value is -1.24. The predicted octanol–water partition coefficient (Wildman–Crippen LogP) is -0.493. The van der Waals surface area contributed by atoms with Gasteiger partial charge in [0.15, 0.2) is 0 Å². The summed E-state index contributed by atoms with van der Waals surface area (Å²) in [6.07, 6.45) is 1.61. The molecule has 0 aromatic carbocycles. The highest BCUT2D eigenvalue weighted by Gasteiger charge is 2.12. The van der Waals surface area contributed by atoms with Crippen LogP contribution >= 0.6 is 12.2 Å². The minimum atomic E-state index is -0.00827. The number of rotatable bonds is 6. The van der Waals surface area contributed by atoms with Gasteiger partial charge in [0.1, 0.15) is 10.7 Å². The van der Waals surface area contributed by atoms with Crippen LogP contribution in [0, 0.1) is 0 Å². The molecule has 0 atom stereocenters. The molecule has 0 bridgehead atoms. The molecule has 1 heterocycles. The third-order valence-electron chi connectivity index (χ3n) is 2.10. The lowest BCUT2D eigenvalue weighted by molar-refractivity contribution is 0.281. The molecule has 0 aliphatic rings. The summed E-state index contributed by atoms with van der Waals surface area (Å²) in [5.74, 6) is 0. The Balaban J connectivity index is 3.02. The van der Waals surface area contributed by atoms with E-state index in [2.05, 4.69) is 4.98 Å². The van der Waals surface area contributed by atoms with Crippen LogP contribution < -0.4 is 10.6 Å². The van der Waals surface area contributed by atoms with Crippen molar-refractivity contribution in [3.63, 3.8) is 0 Å². The number of aliphatic hydroxyl groups excluding tert-OH is 2. The Labute approximate surface area is 99.5 Å². The summed E-state index contributed by atoms with van der Waals surface area (Å²) in [4.78, 5) is 6.09. The highest BCUT2D eigenvalue weighted by molar-refractivity contribution is 7.80. The van der Waals surface area contributed by atoms with Crippen LogP contribution in [-0.4, -0.2) is 46.5 Å². The van der Waals surface area contributed by atoms with E-state index in [4.69, 9.17) is 28.2 Å². The smallest absolute Gasteiger partial charge is 0.124 e. The molecule has 88 valence electrons. The first-order valence-corrected chi connectivity index (χ1v) is 5.33. The molecule has 0 aliphatic heterocycles. The summed E-state index contributed by atoms with van der Waals surface area (Å²) in [5, 5.41) is 17.9. The summed E-state index contributed by atoms with van der Waals surface area (Å²) in [7, 11) is 0. The van der Waals surface area contributed by atoms with Crippen molar-refractivity contribution in [3.05, 3.63) is 24.0 Å². The molecule has 1 aromatic heterocycles. The number of nitrogens with zero attached hydrogens (tertiary/aromatic N) is 2. The van der Waals surface area contributed by atoms with Gasteiger partial charge < -0.3 is 20.8 Å². The van der Waals surface area contributed by atoms with Crippen molar-refractivity contribution in [1.82, 2.24) is 4.98 Å². The molecule has 4 N–H and O–H groups in total. The first-order valence-electron chi connectivity index (χ1n) is 4.92. The predicted molar refractivity (Wildman–Crippen MR) is 66.5 cm³/mol. The minimum Gasteiger partial charge on any atom is -0.395 e. The van der Waals surface area contributed by atoms with E-state index in [1.165, 1.54) is 0 Å². The van der Waals surface area contributed by atoms with E-state index in [1.54, 1.807) is 17.2 Å². The molecule has 0 spiro atoms. The van der Waals surface area contributed by atoms with Crippen molar-refractivity contribution in [2.24, 2.45) is 5.73 Å². The van der Waals surface area contributed by atoms with Crippen LogP contribution in [-0.2, 0) is 0 Å². The Bertz CT molecular complexity index is 354. The second-order valence-electron chi connectivity index (χ2n) is 3.17. The molecule has 0 saturated carbocycles. The lowest BCUT2D eigenvalue weighted by atomic mass is 10.2. The van der Waals surface area contributed by atoms with Gasteiger partial charge in [-0.3, -0.25) is 4.98 Å². The molecule has 6 heteroatoms. The van der Waals surface area contributed by atoms with Gasteiger partial charge in [0.2, 0.25) is 0 Å². The summed E-state index contributed by atoms with van der Waals surface area (Å²) in [6, 6.07) is 3.58. The molecule has 1 aromatic rings. The lowest BCUT2D eigenvalue weighted by Gasteiger charge is -2.24. The molecule has 1 rings (SSSR count). The van der Waals surface area contributed by atoms with Crippen LogP contribution in [0.5, 0.6) is 0 Å². The molecule has 0 unspecified atom stereocenters. The van der Waals surface area contributed by atoms with E-state index in [0.717, 1.165) is 5.69 Å². The number of pyridine rings is 1. The van der Waals surface area contributed by atoms with Gasteiger partial charge in [-0.25, -0.2) is 0 Å². The topological polar surface area (TPSA) is 82.6 Å². The maximum atomic E-state index is 8.95. The lowest BCUT2D eigenvalue weighted by Crippen LogP contribution is -2.32. The van der Waals surface area contributed by atoms with E-state index >= 15 is 0 Å². The first-order chi connectivity index (χ1) is 7.70. The number of anilines is 1. The van der Waals surface area contributed by atoms with Gasteiger partial charge in [0.25, 0.3) is 0 Å². The van der Waals surface area contributed by atoms with Crippen LogP contribution in [0.1, 0.15) is 5.69 Å². The van der Waals surface area contributed by atoms with Gasteiger partial charge in [-0.15, -0.1) is 0 Å². The Morgan fingerprint density at radius 2 is 2.00 bits per heavy atom. The monoisotopic (exact) mass is 241 g/mol. The van der Waals surface area contributed by atoms with Gasteiger partial charge in [0, 0.05) is 19.3 Å². The number of aliphatic hydroxyl groups is 2. The van der Waals surface area contributed by atoms with E-state index in [-0.39, 0.29) is 18.2 Å². The van der Waals surface area contributed by atoms with Crippen LogP contribution in [0.2, 0.25) is 0 Å². The zero-order valence-corrected chi connectivity index (χ0v) is 9.65. The maximum absolute atomic E-state index is 8.95. The minimum absolute atomic E-state index is 0.00827. The number of thiocarbonyl (C=S) groups is 1. The summed E-state index contributed by atoms with van der Waals surface area (Å²) < 4.78 is 0. The van der Waals surface area contributed by atoms with Crippen molar-refractivity contribution < 1.29 is 10.2 Å². The van der Waals surface area contributed by atoms with Crippen LogP contribution in [0.4, 0.5) is 5.69 Å². The molecule has 0 aliphatic carbocycles. The second kappa shape index (κ2) is 6.37. The number of nitrogens with two attached hydrogens (primary N) is 1. The highest BCUT2D eigenvalue weighted by atomic mass is 32.1. The molecular weight excluding hydrogens is 226 g/mol. The van der Waals surface area contributed by atoms with Gasteiger partial charge in [-0.05, 0) is 12.1 Å². The van der Waals surface area contributed by atoms with Crippen molar-refractivity contribution >= 4 is 22.9 Å². The standard InChI is InChI=1S/C10H15N3O2S/c11-10(16)9-8(2-1-3-12-9)13(4-6-14)5-7-15/h1-3,14-15H,4-7H2,(H2,11,16). The van der Waals surface area contributed by atoms with Crippen molar-refractivity contribution in [2.45, 2.75) is 0 Å². The summed E-state index contributed by atoms with van der Waals surface area (Å²) in [5.41, 5.74) is 6.81. The number of hydrogen-bond donors (Lipinski definition) is 3. The molecule has 0 fully saturated rings. The molecule has 5 nitrogen and oxygen atoms in total. The van der Waals surface area contributed by atoms with Gasteiger partial charge >= 0.3 is 0 Å². The highest BCUT2D eigenvalue weighted by Crippen LogP contribution is 2.17. The zero-order valence-electron chi connectivity index (χ0n) is 8.83. The Morgan fingerprint density at radius 3 is 2.50 bits per heavy atom. The third-order valence-corrected chi connectivity index (χ3v) is 2.29. The van der Waals surface area contributed by atoms with E-state index in [0.29, 0.717) is 18.8 Å². The Kier molecular flexibility index (Phi) is 5.10. The Morgan fingerprint density at radius 1 is 1.38 bits per heavy atom. The zero-order chi connectivity index (χ0) is 12.0. The first kappa shape index (κ1) is 12.8. The fourth-order valence-electron chi connectivity index (χ4n) is 1.44. The number of aromatic nitrogens is 1. The largest absolute Gasteiger partial charge is 0.395 e. The molecule has 0 amide bonds. The fourth-order valence-corrected chi connectivity index (χ4v) is 1.59. The van der Waals surface area contributed by atoms with Crippen LogP contribution in [0.3, 0.4) is 0 Å². The van der Waals surface area contributed by atoms with Crippen molar-refractivity contribution in [3.8, 4) is 0 Å². The third kappa shape index (κ3) is 3.13. The molecule has 0 radical (unpaired) electrons. The van der Waals surface area contributed by atoms with Gasteiger partial charge in [-0.1, -0.05) is 12.2 Å². The van der Waals surface area contributed by atoms with E-state index in [1.807, 2.05) is 6.07 Å². The van der Waals surface area contributed by atoms with Crippen molar-refractivity contribution in [1.29, 1.82) is 0 Å². The average molecular weight is 241 g/mol. The number of hydrogen-bond acceptors (Lipinski definition) is 5. The fraction of sp³-hybridized carbons (Fsp3) is 0.400. The second-order valence-corrected chi connectivity index (χ2v) is 3.61. The van der Waals surface area contributed by atoms with E-state index < -0.39 is 0 Å². The van der Waals surface area contributed by atoms with E-state index in [9.17, 15) is 0 Å². The summed E-state index contributed by atoms with van der Waals surface area (Å²) >= 11 is 4.90. The molecule has 0 saturated heterocycles. The maximum Gasteiger partial charge on any atom is 0.124 e. The van der Waals surface area contributed by atoms with Crippen molar-refractivity contribution in [2.75, 3.05) is 31.2 Å². The van der Waals surface area contributed by atoms with Crippen LogP contribution in [0.15, 0.2) is 18.3 Å². The summed E-state index contributed by atoms with van der Waals surface area (Å²) in [6.45, 7) is 0.793. The normalized spacial score (nSPS) is 10.1. The van der Waals surface area contributed by atoms with Gasteiger partial charge in [0.05, 0.1) is 18.9 Å². The molecule has 16 heavy (non-hydrogen) atoms. The quantitative estimate of drug-likeness (QED) is 0.583. The van der Waals surface area contributed by atoms with Gasteiger partial charge in [-0.2, -0.15) is 0 Å².